The first-order chi connectivity index (χ1) is 15.4. The van der Waals surface area contributed by atoms with Gasteiger partial charge in [-0.2, -0.15) is 0 Å². The fourth-order valence-corrected chi connectivity index (χ4v) is 3.25. The Hall–Kier alpha value is -2.83. The molecule has 0 unspecified atom stereocenters. The molecule has 1 aromatic rings. The molecule has 0 aliphatic carbocycles. The van der Waals surface area contributed by atoms with Gasteiger partial charge in [0, 0.05) is 18.3 Å². The molecular weight excluding hydrogens is 443 g/mol. The van der Waals surface area contributed by atoms with E-state index in [1.807, 2.05) is 0 Å². The highest BCUT2D eigenvalue weighted by Gasteiger charge is 2.57. The van der Waals surface area contributed by atoms with Crippen molar-refractivity contribution < 1.29 is 38.4 Å². The predicted molar refractivity (Wildman–Crippen MR) is 111 cm³/mol. The predicted octanol–water partition coefficient (Wildman–Crippen LogP) is 0.373. The maximum absolute atomic E-state index is 15.2. The molecule has 1 fully saturated rings. The van der Waals surface area contributed by atoms with E-state index in [4.69, 9.17) is 14.2 Å². The molecule has 2 heterocycles. The summed E-state index contributed by atoms with van der Waals surface area (Å²) in [7, 11) is 0. The number of esters is 2. The number of nitrogens with zero attached hydrogens (tertiary/aromatic N) is 2. The van der Waals surface area contributed by atoms with Gasteiger partial charge < -0.3 is 24.4 Å². The number of aliphatic hydroxyl groups is 2. The summed E-state index contributed by atoms with van der Waals surface area (Å²) in [5.41, 5.74) is -1.26. The number of aliphatic hydroxyl groups excluding tert-OH is 2. The van der Waals surface area contributed by atoms with Crippen LogP contribution in [0.3, 0.4) is 0 Å². The fraction of sp³-hybridized carbons (Fsp3) is 0.619. The van der Waals surface area contributed by atoms with Crippen molar-refractivity contribution in [3.63, 3.8) is 0 Å². The third-order valence-corrected chi connectivity index (χ3v) is 5.22. The van der Waals surface area contributed by atoms with Crippen molar-refractivity contribution in [2.45, 2.75) is 71.6 Å². The third-order valence-electron chi connectivity index (χ3n) is 5.22. The number of allylic oxidation sites excluding steroid dienone is 1. The van der Waals surface area contributed by atoms with Gasteiger partial charge in [-0.1, -0.05) is 19.4 Å². The normalized spacial score (nSPS) is 24.5. The van der Waals surface area contributed by atoms with Crippen LogP contribution in [0.4, 0.5) is 4.39 Å². The van der Waals surface area contributed by atoms with Crippen LogP contribution in [0.5, 0.6) is 0 Å². The number of carbonyl (C=O) groups is 2. The summed E-state index contributed by atoms with van der Waals surface area (Å²) in [5, 5.41) is 20.5. The molecule has 1 aliphatic rings. The molecule has 33 heavy (non-hydrogen) atoms. The molecular formula is C21H29FN2O9. The second-order valence-corrected chi connectivity index (χ2v) is 7.94. The highest BCUT2D eigenvalue weighted by atomic mass is 19.2. The molecule has 4 atom stereocenters. The number of aromatic nitrogens is 2. The molecule has 0 bridgehead atoms. The lowest BCUT2D eigenvalue weighted by Crippen LogP contribution is -2.44. The zero-order valence-corrected chi connectivity index (χ0v) is 18.9. The number of ether oxygens (including phenoxy) is 3. The van der Waals surface area contributed by atoms with Crippen LogP contribution in [-0.2, 0) is 30.5 Å². The van der Waals surface area contributed by atoms with Crippen LogP contribution in [0.1, 0.15) is 46.8 Å². The van der Waals surface area contributed by atoms with E-state index in [1.165, 1.54) is 0 Å². The van der Waals surface area contributed by atoms with Crippen molar-refractivity contribution >= 4 is 11.9 Å². The molecule has 0 radical (unpaired) electrons. The first-order valence-electron chi connectivity index (χ1n) is 10.5. The molecule has 0 saturated carbocycles. The second kappa shape index (κ2) is 10.9. The van der Waals surface area contributed by atoms with E-state index in [0.717, 1.165) is 18.3 Å². The average Bonchev–Trinajstić information content (AvgIpc) is 2.97. The Morgan fingerprint density at radius 2 is 1.88 bits per heavy atom. The van der Waals surface area contributed by atoms with Crippen LogP contribution >= 0.6 is 0 Å². The van der Waals surface area contributed by atoms with Crippen LogP contribution in [-0.4, -0.2) is 56.0 Å². The molecule has 1 aromatic heterocycles. The number of carbonyl (C=O) groups excluding carboxylic acids is 2. The van der Waals surface area contributed by atoms with E-state index < -0.39 is 66.7 Å². The molecule has 1 saturated heterocycles. The summed E-state index contributed by atoms with van der Waals surface area (Å²) in [6, 6.07) is 0.921. The fourth-order valence-electron chi connectivity index (χ4n) is 3.25. The van der Waals surface area contributed by atoms with Crippen molar-refractivity contribution in [3.05, 3.63) is 44.8 Å². The highest BCUT2D eigenvalue weighted by Crippen LogP contribution is 2.38. The van der Waals surface area contributed by atoms with E-state index in [-0.39, 0.29) is 0 Å². The number of alkyl halides is 1. The largest absolute Gasteiger partial charge is 0.459 e. The molecule has 11 nitrogen and oxygen atoms in total. The molecule has 1 aliphatic heterocycles. The minimum atomic E-state index is -3.00. The topological polar surface area (TPSA) is 146 Å². The van der Waals surface area contributed by atoms with Crippen molar-refractivity contribution in [1.29, 1.82) is 0 Å². The molecule has 0 spiro atoms. The lowest BCUT2D eigenvalue weighted by atomic mass is 10.0. The maximum atomic E-state index is 15.2. The number of rotatable bonds is 9. The van der Waals surface area contributed by atoms with Gasteiger partial charge in [0.1, 0.15) is 12.2 Å². The van der Waals surface area contributed by atoms with Gasteiger partial charge in [-0.05, 0) is 26.7 Å². The molecule has 12 heteroatoms. The van der Waals surface area contributed by atoms with E-state index in [1.54, 1.807) is 27.7 Å². The van der Waals surface area contributed by atoms with Gasteiger partial charge in [0.05, 0.1) is 5.92 Å². The standard InChI is InChI=1S/C21H29FN2O9/c1-5-13(6-2)19(29)31-10-21(22)17(28)16(27)18(33-21)23-8-7-14(25)24(20(23)30)11-32-15(26)9-12(3)4/h7-9,13,16-18,27-28H,5-6,10-11H2,1-4H3/t16-,17+,18-,21-/m1/s1. The summed E-state index contributed by atoms with van der Waals surface area (Å²) < 4.78 is 31.3. The van der Waals surface area contributed by atoms with E-state index >= 15 is 4.39 Å². The number of hydrogen-bond donors (Lipinski definition) is 2. The lowest BCUT2D eigenvalue weighted by Gasteiger charge is -2.23. The molecule has 0 amide bonds. The SMILES string of the molecule is CCC(CC)C(=O)OC[C@@]1(F)O[C@@H](n2ccc(=O)n(COC(=O)C=C(C)C)c2=O)[C@H](O)[C@@H]1O. The third kappa shape index (κ3) is 5.95. The van der Waals surface area contributed by atoms with Crippen LogP contribution in [0.15, 0.2) is 33.5 Å². The van der Waals surface area contributed by atoms with Crippen molar-refractivity contribution in [2.75, 3.05) is 6.61 Å². The Balaban J connectivity index is 2.24. The summed E-state index contributed by atoms with van der Waals surface area (Å²) in [6.45, 7) is 5.09. The lowest BCUT2D eigenvalue weighted by molar-refractivity contribution is -0.218. The quantitative estimate of drug-likeness (QED) is 0.384. The smallest absolute Gasteiger partial charge is 0.335 e. The first kappa shape index (κ1) is 26.4. The van der Waals surface area contributed by atoms with Gasteiger partial charge in [-0.3, -0.25) is 14.2 Å². The Kier molecular flexibility index (Phi) is 8.69. The minimum absolute atomic E-state index is 0.465. The van der Waals surface area contributed by atoms with Gasteiger partial charge >= 0.3 is 17.6 Å². The second-order valence-electron chi connectivity index (χ2n) is 7.94. The monoisotopic (exact) mass is 472 g/mol. The number of hydrogen-bond acceptors (Lipinski definition) is 9. The molecule has 184 valence electrons. The summed E-state index contributed by atoms with van der Waals surface area (Å²) in [4.78, 5) is 48.5. The summed E-state index contributed by atoms with van der Waals surface area (Å²) in [5.74, 6) is -4.93. The Morgan fingerprint density at radius 3 is 2.45 bits per heavy atom. The van der Waals surface area contributed by atoms with Gasteiger partial charge in [0.2, 0.25) is 0 Å². The van der Waals surface area contributed by atoms with Gasteiger partial charge in [-0.15, -0.1) is 0 Å². The van der Waals surface area contributed by atoms with Crippen molar-refractivity contribution in [2.24, 2.45) is 5.92 Å². The Morgan fingerprint density at radius 1 is 1.24 bits per heavy atom. The van der Waals surface area contributed by atoms with E-state index in [9.17, 15) is 29.4 Å². The van der Waals surface area contributed by atoms with Gasteiger partial charge in [-0.25, -0.2) is 18.5 Å². The van der Waals surface area contributed by atoms with Gasteiger partial charge in [0.25, 0.3) is 11.4 Å². The zero-order valence-electron chi connectivity index (χ0n) is 18.9. The van der Waals surface area contributed by atoms with Crippen LogP contribution in [0, 0.1) is 5.92 Å². The number of halogens is 1. The van der Waals surface area contributed by atoms with Crippen LogP contribution in [0.25, 0.3) is 0 Å². The summed E-state index contributed by atoms with van der Waals surface area (Å²) in [6.07, 6.45) is -2.78. The van der Waals surface area contributed by atoms with Gasteiger partial charge in [0.15, 0.2) is 19.6 Å². The molecule has 2 N–H and O–H groups in total. The van der Waals surface area contributed by atoms with E-state index in [0.29, 0.717) is 27.5 Å². The first-order valence-corrected chi connectivity index (χ1v) is 10.5. The average molecular weight is 472 g/mol. The highest BCUT2D eigenvalue weighted by molar-refractivity contribution is 5.82. The summed E-state index contributed by atoms with van der Waals surface area (Å²) >= 11 is 0. The van der Waals surface area contributed by atoms with E-state index in [2.05, 4.69) is 0 Å². The maximum Gasteiger partial charge on any atom is 0.335 e. The minimum Gasteiger partial charge on any atom is -0.459 e. The Labute approximate surface area is 189 Å². The van der Waals surface area contributed by atoms with Crippen LogP contribution in [0.2, 0.25) is 0 Å². The zero-order chi connectivity index (χ0) is 24.9. The van der Waals surface area contributed by atoms with Crippen molar-refractivity contribution in [1.82, 2.24) is 9.13 Å². The van der Waals surface area contributed by atoms with Crippen molar-refractivity contribution in [3.8, 4) is 0 Å². The van der Waals surface area contributed by atoms with Crippen LogP contribution < -0.4 is 11.2 Å². The molecule has 0 aromatic carbocycles. The molecule has 2 rings (SSSR count). The Bertz CT molecular complexity index is 1010.